The smallest absolute Gasteiger partial charge is 0.329 e. The zero-order chi connectivity index (χ0) is 24.7. The summed E-state index contributed by atoms with van der Waals surface area (Å²) in [7, 11) is 0. The molecule has 0 spiro atoms. The van der Waals surface area contributed by atoms with Gasteiger partial charge in [-0.2, -0.15) is 11.8 Å². The molecule has 2 N–H and O–H groups in total. The summed E-state index contributed by atoms with van der Waals surface area (Å²) in [6, 6.07) is 8.75. The van der Waals surface area contributed by atoms with Gasteiger partial charge in [-0.15, -0.1) is 0 Å². The van der Waals surface area contributed by atoms with Crippen molar-refractivity contribution in [2.45, 2.75) is 19.4 Å². The van der Waals surface area contributed by atoms with Crippen LogP contribution in [0.5, 0.6) is 11.5 Å². The Morgan fingerprint density at radius 2 is 1.79 bits per heavy atom. The minimum atomic E-state index is -0.922. The molecule has 1 atom stereocenters. The van der Waals surface area contributed by atoms with Gasteiger partial charge in [-0.05, 0) is 55.7 Å². The highest BCUT2D eigenvalue weighted by molar-refractivity contribution is 9.10. The molecule has 0 bridgehead atoms. The lowest BCUT2D eigenvalue weighted by atomic mass is 10.1. The molecule has 0 radical (unpaired) electrons. The molecule has 1 aliphatic rings. The molecular formula is C23H23BrN2O7S. The van der Waals surface area contributed by atoms with E-state index >= 15 is 0 Å². The number of rotatable bonds is 10. The van der Waals surface area contributed by atoms with Crippen LogP contribution in [-0.4, -0.2) is 55.0 Å². The Bertz CT molecular complexity index is 1090. The van der Waals surface area contributed by atoms with Crippen LogP contribution < -0.4 is 20.1 Å². The number of fused-ring (bicyclic) bond motifs is 1. The van der Waals surface area contributed by atoms with Crippen molar-refractivity contribution in [2.75, 3.05) is 30.7 Å². The molecule has 9 nitrogen and oxygen atoms in total. The van der Waals surface area contributed by atoms with Crippen molar-refractivity contribution < 1.29 is 33.4 Å². The van der Waals surface area contributed by atoms with E-state index in [0.29, 0.717) is 29.2 Å². The van der Waals surface area contributed by atoms with Gasteiger partial charge in [0.2, 0.25) is 6.79 Å². The normalized spacial score (nSPS) is 12.6. The van der Waals surface area contributed by atoms with E-state index in [1.54, 1.807) is 24.3 Å². The summed E-state index contributed by atoms with van der Waals surface area (Å²) >= 11 is 4.82. The summed E-state index contributed by atoms with van der Waals surface area (Å²) in [6.45, 7) is 0.789. The van der Waals surface area contributed by atoms with Gasteiger partial charge in [-0.1, -0.05) is 15.9 Å². The van der Waals surface area contributed by atoms with E-state index < -0.39 is 30.4 Å². The number of hydrogen-bond acceptors (Lipinski definition) is 8. The number of esters is 1. The van der Waals surface area contributed by atoms with Gasteiger partial charge in [0.25, 0.3) is 11.8 Å². The van der Waals surface area contributed by atoms with E-state index in [2.05, 4.69) is 26.6 Å². The molecular weight excluding hydrogens is 528 g/mol. The third-order valence-electron chi connectivity index (χ3n) is 4.82. The summed E-state index contributed by atoms with van der Waals surface area (Å²) in [4.78, 5) is 49.6. The monoisotopic (exact) mass is 550 g/mol. The van der Waals surface area contributed by atoms with Gasteiger partial charge >= 0.3 is 5.97 Å². The predicted octanol–water partition coefficient (Wildman–Crippen LogP) is 3.41. The summed E-state index contributed by atoms with van der Waals surface area (Å²) in [6.07, 6.45) is 2.21. The standard InChI is InChI=1S/C23H23BrN2O7S/c1-13(27)16-9-19-20(33-12-32-19)10-18(16)25-21(28)11-31-23(30)17(7-8-34-2)26-22(29)14-3-5-15(24)6-4-14/h3-6,9-10,17H,7-8,11-12H2,1-2H3,(H,25,28)(H,26,29). The Kier molecular flexibility index (Phi) is 8.94. The van der Waals surface area contributed by atoms with Crippen LogP contribution in [-0.2, 0) is 14.3 Å². The highest BCUT2D eigenvalue weighted by atomic mass is 79.9. The lowest BCUT2D eigenvalue weighted by Gasteiger charge is -2.17. The molecule has 1 aliphatic heterocycles. The van der Waals surface area contributed by atoms with Crippen LogP contribution >= 0.6 is 27.7 Å². The summed E-state index contributed by atoms with van der Waals surface area (Å²) < 4.78 is 16.5. The Morgan fingerprint density at radius 3 is 2.44 bits per heavy atom. The maximum Gasteiger partial charge on any atom is 0.329 e. The van der Waals surface area contributed by atoms with Crippen molar-refractivity contribution in [3.8, 4) is 11.5 Å². The second-order valence-corrected chi connectivity index (χ2v) is 9.18. The molecule has 3 rings (SSSR count). The fourth-order valence-electron chi connectivity index (χ4n) is 3.09. The summed E-state index contributed by atoms with van der Waals surface area (Å²) in [5, 5.41) is 5.23. The van der Waals surface area contributed by atoms with Gasteiger partial charge in [0.15, 0.2) is 23.9 Å². The van der Waals surface area contributed by atoms with Crippen molar-refractivity contribution in [1.82, 2.24) is 5.32 Å². The lowest BCUT2D eigenvalue weighted by Crippen LogP contribution is -2.43. The molecule has 34 heavy (non-hydrogen) atoms. The van der Waals surface area contributed by atoms with Crippen LogP contribution in [0.4, 0.5) is 5.69 Å². The number of carbonyl (C=O) groups is 4. The number of amides is 2. The summed E-state index contributed by atoms with van der Waals surface area (Å²) in [5.41, 5.74) is 0.853. The van der Waals surface area contributed by atoms with Gasteiger partial charge < -0.3 is 24.8 Å². The molecule has 0 aliphatic carbocycles. The largest absolute Gasteiger partial charge is 0.454 e. The Labute approximate surface area is 209 Å². The van der Waals surface area contributed by atoms with Crippen molar-refractivity contribution in [3.63, 3.8) is 0 Å². The Hall–Kier alpha value is -3.05. The number of halogens is 1. The van der Waals surface area contributed by atoms with Crippen LogP contribution in [0.25, 0.3) is 0 Å². The van der Waals surface area contributed by atoms with Crippen LogP contribution in [0, 0.1) is 0 Å². The Morgan fingerprint density at radius 1 is 1.12 bits per heavy atom. The number of anilines is 1. The first-order valence-electron chi connectivity index (χ1n) is 10.2. The molecule has 1 heterocycles. The average molecular weight is 551 g/mol. The Balaban J connectivity index is 1.61. The second kappa shape index (κ2) is 11.9. The maximum atomic E-state index is 12.6. The third-order valence-corrected chi connectivity index (χ3v) is 5.99. The molecule has 1 unspecified atom stereocenters. The first kappa shape index (κ1) is 25.6. The zero-order valence-corrected chi connectivity index (χ0v) is 20.9. The molecule has 2 aromatic carbocycles. The zero-order valence-electron chi connectivity index (χ0n) is 18.5. The highest BCUT2D eigenvalue weighted by Gasteiger charge is 2.24. The predicted molar refractivity (Wildman–Crippen MR) is 131 cm³/mol. The molecule has 11 heteroatoms. The molecule has 180 valence electrons. The maximum absolute atomic E-state index is 12.6. The van der Waals surface area contributed by atoms with Crippen LogP contribution in [0.2, 0.25) is 0 Å². The van der Waals surface area contributed by atoms with E-state index in [-0.39, 0.29) is 23.8 Å². The molecule has 2 amide bonds. The van der Waals surface area contributed by atoms with E-state index in [9.17, 15) is 19.2 Å². The number of ketones is 1. The number of nitrogens with one attached hydrogen (secondary N) is 2. The number of benzene rings is 2. The second-order valence-electron chi connectivity index (χ2n) is 7.28. The topological polar surface area (TPSA) is 120 Å². The number of carbonyl (C=O) groups excluding carboxylic acids is 4. The quantitative estimate of drug-likeness (QED) is 0.341. The number of thioether (sulfide) groups is 1. The van der Waals surface area contributed by atoms with E-state index in [0.717, 1.165) is 4.47 Å². The number of ether oxygens (including phenoxy) is 3. The minimum absolute atomic E-state index is 0.0189. The summed E-state index contributed by atoms with van der Waals surface area (Å²) in [5.74, 6) is -0.668. The number of Topliss-reactive ketones (excluding diaryl/α,β-unsaturated/α-hetero) is 1. The lowest BCUT2D eigenvalue weighted by molar-refractivity contribution is -0.149. The third kappa shape index (κ3) is 6.73. The molecule has 0 fully saturated rings. The van der Waals surface area contributed by atoms with Gasteiger partial charge in [0.1, 0.15) is 6.04 Å². The van der Waals surface area contributed by atoms with E-state index in [1.807, 2.05) is 6.26 Å². The molecule has 2 aromatic rings. The van der Waals surface area contributed by atoms with Gasteiger partial charge in [-0.3, -0.25) is 14.4 Å². The minimum Gasteiger partial charge on any atom is -0.454 e. The van der Waals surface area contributed by atoms with Crippen molar-refractivity contribution in [3.05, 3.63) is 52.0 Å². The molecule has 0 saturated heterocycles. The van der Waals surface area contributed by atoms with Crippen molar-refractivity contribution in [1.29, 1.82) is 0 Å². The highest BCUT2D eigenvalue weighted by Crippen LogP contribution is 2.37. The van der Waals surface area contributed by atoms with Gasteiger partial charge in [-0.25, -0.2) is 4.79 Å². The van der Waals surface area contributed by atoms with Gasteiger partial charge in [0.05, 0.1) is 5.69 Å². The van der Waals surface area contributed by atoms with Crippen molar-refractivity contribution >= 4 is 56.9 Å². The molecule has 0 aromatic heterocycles. The van der Waals surface area contributed by atoms with Crippen LogP contribution in [0.1, 0.15) is 34.1 Å². The average Bonchev–Trinajstić information content (AvgIpc) is 3.27. The first-order chi connectivity index (χ1) is 16.3. The van der Waals surface area contributed by atoms with E-state index in [1.165, 1.54) is 30.8 Å². The molecule has 0 saturated carbocycles. The first-order valence-corrected chi connectivity index (χ1v) is 12.4. The van der Waals surface area contributed by atoms with Gasteiger partial charge in [0, 0.05) is 21.7 Å². The van der Waals surface area contributed by atoms with Crippen molar-refractivity contribution in [2.24, 2.45) is 0 Å². The van der Waals surface area contributed by atoms with Crippen LogP contribution in [0.3, 0.4) is 0 Å². The number of hydrogen-bond donors (Lipinski definition) is 2. The van der Waals surface area contributed by atoms with Crippen LogP contribution in [0.15, 0.2) is 40.9 Å². The SMILES string of the molecule is CSCCC(NC(=O)c1ccc(Br)cc1)C(=O)OCC(=O)Nc1cc2c(cc1C(C)=O)OCO2. The van der Waals surface area contributed by atoms with E-state index in [4.69, 9.17) is 14.2 Å². The fourth-order valence-corrected chi connectivity index (χ4v) is 3.82. The fraction of sp³-hybridized carbons (Fsp3) is 0.304.